The quantitative estimate of drug-likeness (QED) is 0.218. The number of nitrogens with zero attached hydrogens (tertiary/aromatic N) is 1. The first-order valence-corrected chi connectivity index (χ1v) is 9.42. The van der Waals surface area contributed by atoms with Crippen LogP contribution < -0.4 is 4.74 Å². The summed E-state index contributed by atoms with van der Waals surface area (Å²) in [4.78, 5) is 10.1. The molecule has 0 aliphatic heterocycles. The lowest BCUT2D eigenvalue weighted by Gasteiger charge is -2.08. The van der Waals surface area contributed by atoms with Gasteiger partial charge in [0, 0.05) is 18.7 Å². The van der Waals surface area contributed by atoms with Crippen molar-refractivity contribution < 1.29 is 28.6 Å². The highest BCUT2D eigenvalue weighted by atomic mass is 16.6. The Kier molecular flexibility index (Phi) is 14.2. The van der Waals surface area contributed by atoms with Crippen molar-refractivity contribution in [1.82, 2.24) is 0 Å². The number of rotatable bonds is 18. The van der Waals surface area contributed by atoms with Crippen molar-refractivity contribution in [3.8, 4) is 5.75 Å². The molecule has 0 aromatic heterocycles. The molecule has 0 saturated heterocycles. The average Bonchev–Trinajstić information content (AvgIpc) is 2.68. The third kappa shape index (κ3) is 13.1. The van der Waals surface area contributed by atoms with Gasteiger partial charge in [-0.05, 0) is 18.6 Å². The molecule has 0 aliphatic rings. The Bertz CT molecular complexity index is 481. The minimum atomic E-state index is -0.444. The maximum Gasteiger partial charge on any atom is 0.269 e. The molecule has 0 heterocycles. The number of unbranched alkanes of at least 4 members (excludes halogenated alkanes) is 2. The monoisotopic (exact) mass is 385 g/mol. The predicted molar refractivity (Wildman–Crippen MR) is 101 cm³/mol. The van der Waals surface area contributed by atoms with Gasteiger partial charge < -0.3 is 23.7 Å². The van der Waals surface area contributed by atoms with Crippen LogP contribution in [0.5, 0.6) is 5.75 Å². The SMILES string of the molecule is CCCCCOCCOCCOCCOCCOc1ccc([N+](=O)[O-])cc1. The molecule has 0 N–H and O–H groups in total. The smallest absolute Gasteiger partial charge is 0.269 e. The number of nitro groups is 1. The Labute approximate surface area is 160 Å². The summed E-state index contributed by atoms with van der Waals surface area (Å²) < 4.78 is 27.1. The molecule has 0 spiro atoms. The summed E-state index contributed by atoms with van der Waals surface area (Å²) in [5, 5.41) is 10.5. The van der Waals surface area contributed by atoms with Crippen LogP contribution in [0.3, 0.4) is 0 Å². The van der Waals surface area contributed by atoms with Crippen LogP contribution in [-0.2, 0) is 18.9 Å². The first kappa shape index (κ1) is 23.3. The van der Waals surface area contributed by atoms with Gasteiger partial charge in [-0.2, -0.15) is 0 Å². The van der Waals surface area contributed by atoms with Crippen LogP contribution in [0.1, 0.15) is 26.2 Å². The van der Waals surface area contributed by atoms with E-state index in [0.717, 1.165) is 13.0 Å². The van der Waals surface area contributed by atoms with Crippen LogP contribution in [0.2, 0.25) is 0 Å². The van der Waals surface area contributed by atoms with Gasteiger partial charge in [0.2, 0.25) is 0 Å². The normalized spacial score (nSPS) is 10.9. The highest BCUT2D eigenvalue weighted by molar-refractivity contribution is 5.35. The van der Waals surface area contributed by atoms with Crippen molar-refractivity contribution in [3.63, 3.8) is 0 Å². The summed E-state index contributed by atoms with van der Waals surface area (Å²) in [5.74, 6) is 0.576. The molecule has 0 saturated carbocycles. The molecule has 0 atom stereocenters. The first-order valence-electron chi connectivity index (χ1n) is 9.42. The Morgan fingerprint density at radius 1 is 0.741 bits per heavy atom. The van der Waals surface area contributed by atoms with Gasteiger partial charge >= 0.3 is 0 Å². The molecule has 0 aliphatic carbocycles. The Hall–Kier alpha value is -1.74. The van der Waals surface area contributed by atoms with E-state index in [1.54, 1.807) is 12.1 Å². The number of ether oxygens (including phenoxy) is 5. The predicted octanol–water partition coefficient (Wildman–Crippen LogP) is 3.23. The second-order valence-electron chi connectivity index (χ2n) is 5.76. The van der Waals surface area contributed by atoms with Gasteiger partial charge in [-0.1, -0.05) is 19.8 Å². The van der Waals surface area contributed by atoms with E-state index in [-0.39, 0.29) is 5.69 Å². The number of non-ortho nitro benzene ring substituents is 1. The summed E-state index contributed by atoms with van der Waals surface area (Å²) in [6, 6.07) is 5.95. The lowest BCUT2D eigenvalue weighted by Crippen LogP contribution is -2.13. The van der Waals surface area contributed by atoms with E-state index in [2.05, 4.69) is 6.92 Å². The Morgan fingerprint density at radius 2 is 1.22 bits per heavy atom. The number of benzene rings is 1. The van der Waals surface area contributed by atoms with E-state index >= 15 is 0 Å². The Balaban J connectivity index is 1.81. The second-order valence-corrected chi connectivity index (χ2v) is 5.76. The topological polar surface area (TPSA) is 89.3 Å². The molecule has 1 aromatic carbocycles. The van der Waals surface area contributed by atoms with Crippen LogP contribution in [0.15, 0.2) is 24.3 Å². The summed E-state index contributed by atoms with van der Waals surface area (Å²) >= 11 is 0. The van der Waals surface area contributed by atoms with Crippen molar-refractivity contribution in [2.45, 2.75) is 26.2 Å². The van der Waals surface area contributed by atoms with Crippen molar-refractivity contribution in [3.05, 3.63) is 34.4 Å². The number of hydrogen-bond donors (Lipinski definition) is 0. The number of nitro benzene ring substituents is 1. The third-order valence-corrected chi connectivity index (χ3v) is 3.55. The van der Waals surface area contributed by atoms with Gasteiger partial charge in [-0.3, -0.25) is 10.1 Å². The molecule has 8 heteroatoms. The summed E-state index contributed by atoms with van der Waals surface area (Å²) in [7, 11) is 0. The second kappa shape index (κ2) is 16.4. The van der Waals surface area contributed by atoms with Gasteiger partial charge in [0.25, 0.3) is 5.69 Å². The zero-order chi connectivity index (χ0) is 19.6. The van der Waals surface area contributed by atoms with Gasteiger partial charge in [-0.15, -0.1) is 0 Å². The minimum absolute atomic E-state index is 0.0410. The molecule has 0 radical (unpaired) electrons. The third-order valence-electron chi connectivity index (χ3n) is 3.55. The molecular weight excluding hydrogens is 354 g/mol. The van der Waals surface area contributed by atoms with Gasteiger partial charge in [0.1, 0.15) is 12.4 Å². The molecule has 0 unspecified atom stereocenters. The molecule has 1 aromatic rings. The van der Waals surface area contributed by atoms with Crippen molar-refractivity contribution in [2.24, 2.45) is 0 Å². The summed E-state index contributed by atoms with van der Waals surface area (Å²) in [5.41, 5.74) is 0.0410. The fourth-order valence-corrected chi connectivity index (χ4v) is 2.10. The van der Waals surface area contributed by atoms with Crippen LogP contribution in [0.4, 0.5) is 5.69 Å². The molecule has 8 nitrogen and oxygen atoms in total. The first-order chi connectivity index (χ1) is 13.2. The van der Waals surface area contributed by atoms with E-state index in [9.17, 15) is 10.1 Å². The summed E-state index contributed by atoms with van der Waals surface area (Å²) in [6.07, 6.45) is 3.52. The van der Waals surface area contributed by atoms with E-state index in [1.165, 1.54) is 25.0 Å². The molecule has 0 amide bonds. The zero-order valence-electron chi connectivity index (χ0n) is 16.1. The van der Waals surface area contributed by atoms with Crippen LogP contribution >= 0.6 is 0 Å². The molecular formula is C19H31NO7. The van der Waals surface area contributed by atoms with E-state index in [4.69, 9.17) is 23.7 Å². The van der Waals surface area contributed by atoms with Crippen LogP contribution in [-0.4, -0.2) is 64.4 Å². The molecule has 27 heavy (non-hydrogen) atoms. The average molecular weight is 385 g/mol. The van der Waals surface area contributed by atoms with Gasteiger partial charge in [-0.25, -0.2) is 0 Å². The van der Waals surface area contributed by atoms with E-state index in [1.807, 2.05) is 0 Å². The molecule has 0 fully saturated rings. The standard InChI is InChI=1S/C19H31NO7/c1-2-3-4-9-23-10-11-24-12-13-25-14-15-26-16-17-27-19-7-5-18(6-8-19)20(21)22/h5-8H,2-4,9-17H2,1H3. The lowest BCUT2D eigenvalue weighted by molar-refractivity contribution is -0.384. The van der Waals surface area contributed by atoms with Gasteiger partial charge in [0.15, 0.2) is 0 Å². The maximum atomic E-state index is 10.5. The van der Waals surface area contributed by atoms with Crippen molar-refractivity contribution in [1.29, 1.82) is 0 Å². The fourth-order valence-electron chi connectivity index (χ4n) is 2.10. The highest BCUT2D eigenvalue weighted by Gasteiger charge is 2.04. The van der Waals surface area contributed by atoms with Gasteiger partial charge in [0.05, 0.1) is 51.2 Å². The highest BCUT2D eigenvalue weighted by Crippen LogP contribution is 2.16. The van der Waals surface area contributed by atoms with Crippen molar-refractivity contribution in [2.75, 3.05) is 59.5 Å². The summed E-state index contributed by atoms with van der Waals surface area (Å²) in [6.45, 7) is 7.03. The maximum absolute atomic E-state index is 10.5. The van der Waals surface area contributed by atoms with Crippen LogP contribution in [0, 0.1) is 10.1 Å². The fraction of sp³-hybridized carbons (Fsp3) is 0.684. The van der Waals surface area contributed by atoms with Crippen LogP contribution in [0.25, 0.3) is 0 Å². The molecule has 154 valence electrons. The largest absolute Gasteiger partial charge is 0.491 e. The number of hydrogen-bond acceptors (Lipinski definition) is 7. The minimum Gasteiger partial charge on any atom is -0.491 e. The van der Waals surface area contributed by atoms with Crippen molar-refractivity contribution >= 4 is 5.69 Å². The molecule has 0 bridgehead atoms. The lowest BCUT2D eigenvalue weighted by atomic mass is 10.3. The van der Waals surface area contributed by atoms with E-state index < -0.39 is 4.92 Å². The molecule has 1 rings (SSSR count). The Morgan fingerprint density at radius 3 is 1.70 bits per heavy atom. The zero-order valence-corrected chi connectivity index (χ0v) is 16.1. The van der Waals surface area contributed by atoms with E-state index in [0.29, 0.717) is 58.6 Å².